The van der Waals surface area contributed by atoms with Crippen LogP contribution in [0.5, 0.6) is 0 Å². The van der Waals surface area contributed by atoms with Crippen molar-refractivity contribution in [3.05, 3.63) is 30.1 Å². The van der Waals surface area contributed by atoms with Crippen molar-refractivity contribution in [3.63, 3.8) is 0 Å². The van der Waals surface area contributed by atoms with E-state index in [4.69, 9.17) is 0 Å². The molecular formula is C15H25N3. The van der Waals surface area contributed by atoms with Crippen LogP contribution < -0.4 is 10.6 Å². The lowest BCUT2D eigenvalue weighted by Crippen LogP contribution is -2.34. The highest BCUT2D eigenvalue weighted by Crippen LogP contribution is 2.23. The van der Waals surface area contributed by atoms with Crippen molar-refractivity contribution in [2.24, 2.45) is 5.92 Å². The van der Waals surface area contributed by atoms with Crippen LogP contribution in [0.2, 0.25) is 0 Å². The molecule has 100 valence electrons. The Hall–Kier alpha value is -0.930. The minimum atomic E-state index is 0.761. The summed E-state index contributed by atoms with van der Waals surface area (Å²) in [5.74, 6) is 0.878. The largest absolute Gasteiger partial charge is 0.317 e. The summed E-state index contributed by atoms with van der Waals surface area (Å²) in [5, 5.41) is 6.97. The van der Waals surface area contributed by atoms with Crippen molar-refractivity contribution in [1.82, 2.24) is 15.6 Å². The third-order valence-electron chi connectivity index (χ3n) is 4.00. The van der Waals surface area contributed by atoms with Gasteiger partial charge in [-0.15, -0.1) is 0 Å². The van der Waals surface area contributed by atoms with Crippen molar-refractivity contribution in [3.8, 4) is 0 Å². The molecule has 1 fully saturated rings. The zero-order valence-electron chi connectivity index (χ0n) is 11.4. The molecule has 0 aliphatic heterocycles. The maximum atomic E-state index is 4.14. The molecule has 2 rings (SSSR count). The van der Waals surface area contributed by atoms with Gasteiger partial charge >= 0.3 is 0 Å². The van der Waals surface area contributed by atoms with Crippen LogP contribution in [0.25, 0.3) is 0 Å². The van der Waals surface area contributed by atoms with Gasteiger partial charge in [0.25, 0.3) is 0 Å². The minimum absolute atomic E-state index is 0.761. The second-order valence-electron chi connectivity index (χ2n) is 5.32. The van der Waals surface area contributed by atoms with Crippen molar-refractivity contribution in [2.75, 3.05) is 20.1 Å². The normalized spacial score (nSPS) is 24.1. The van der Waals surface area contributed by atoms with Gasteiger partial charge in [-0.3, -0.25) is 4.98 Å². The number of nitrogens with zero attached hydrogens (tertiary/aromatic N) is 1. The summed E-state index contributed by atoms with van der Waals surface area (Å²) >= 11 is 0. The van der Waals surface area contributed by atoms with Crippen LogP contribution in [-0.4, -0.2) is 31.2 Å². The lowest BCUT2D eigenvalue weighted by atomic mass is 9.86. The van der Waals surface area contributed by atoms with E-state index in [9.17, 15) is 0 Å². The first-order valence-electron chi connectivity index (χ1n) is 7.15. The Morgan fingerprint density at radius 2 is 2.11 bits per heavy atom. The quantitative estimate of drug-likeness (QED) is 0.755. The van der Waals surface area contributed by atoms with Crippen LogP contribution in [0.4, 0.5) is 0 Å². The van der Waals surface area contributed by atoms with E-state index in [0.717, 1.165) is 24.9 Å². The lowest BCUT2D eigenvalue weighted by Gasteiger charge is -2.28. The van der Waals surface area contributed by atoms with Crippen molar-refractivity contribution in [2.45, 2.75) is 38.1 Å². The first kappa shape index (κ1) is 13.5. The maximum absolute atomic E-state index is 4.14. The zero-order chi connectivity index (χ0) is 12.6. The fourth-order valence-corrected chi connectivity index (χ4v) is 2.74. The van der Waals surface area contributed by atoms with Crippen LogP contribution in [0.3, 0.4) is 0 Å². The molecule has 1 aromatic heterocycles. The number of pyridine rings is 1. The van der Waals surface area contributed by atoms with Gasteiger partial charge in [0.05, 0.1) is 0 Å². The van der Waals surface area contributed by atoms with E-state index >= 15 is 0 Å². The van der Waals surface area contributed by atoms with E-state index in [1.807, 2.05) is 18.5 Å². The molecule has 1 heterocycles. The van der Waals surface area contributed by atoms with E-state index in [1.54, 1.807) is 0 Å². The molecule has 3 nitrogen and oxygen atoms in total. The number of hydrogen-bond acceptors (Lipinski definition) is 3. The summed E-state index contributed by atoms with van der Waals surface area (Å²) in [4.78, 5) is 4.14. The van der Waals surface area contributed by atoms with Gasteiger partial charge in [0.1, 0.15) is 0 Å². The van der Waals surface area contributed by atoms with Gasteiger partial charge in [0.2, 0.25) is 0 Å². The number of nitrogens with one attached hydrogen (secondary N) is 2. The summed E-state index contributed by atoms with van der Waals surface area (Å²) < 4.78 is 0. The summed E-state index contributed by atoms with van der Waals surface area (Å²) in [5.41, 5.74) is 1.32. The average Bonchev–Trinajstić information content (AvgIpc) is 2.45. The highest BCUT2D eigenvalue weighted by atomic mass is 14.9. The molecule has 18 heavy (non-hydrogen) atoms. The fourth-order valence-electron chi connectivity index (χ4n) is 2.74. The monoisotopic (exact) mass is 247 g/mol. The van der Waals surface area contributed by atoms with Gasteiger partial charge in [-0.25, -0.2) is 0 Å². The molecule has 0 amide bonds. The molecule has 0 spiro atoms. The van der Waals surface area contributed by atoms with E-state index in [1.165, 1.54) is 37.8 Å². The van der Waals surface area contributed by atoms with Gasteiger partial charge < -0.3 is 10.6 Å². The number of aromatic nitrogens is 1. The zero-order valence-corrected chi connectivity index (χ0v) is 11.4. The number of hydrogen-bond donors (Lipinski definition) is 2. The molecule has 1 aliphatic carbocycles. The van der Waals surface area contributed by atoms with Crippen LogP contribution >= 0.6 is 0 Å². The molecule has 0 saturated heterocycles. The molecule has 0 aromatic carbocycles. The number of rotatable bonds is 6. The molecule has 0 radical (unpaired) electrons. The standard InChI is InChI=1S/C15H25N3/c1-16-15-6-4-14(5-7-15)12-18-10-8-13-3-2-9-17-11-13/h2-3,9,11,14-16,18H,4-8,10,12H2,1H3. The van der Waals surface area contributed by atoms with Crippen LogP contribution in [0.1, 0.15) is 31.2 Å². The van der Waals surface area contributed by atoms with E-state index in [-0.39, 0.29) is 0 Å². The Morgan fingerprint density at radius 3 is 2.78 bits per heavy atom. The SMILES string of the molecule is CNC1CCC(CNCCc2cccnc2)CC1. The Balaban J connectivity index is 1.56. The summed E-state index contributed by atoms with van der Waals surface area (Å²) in [6.45, 7) is 2.24. The average molecular weight is 247 g/mol. The second-order valence-corrected chi connectivity index (χ2v) is 5.32. The molecule has 0 atom stereocenters. The van der Waals surface area contributed by atoms with Crippen LogP contribution in [0, 0.1) is 5.92 Å². The molecule has 0 bridgehead atoms. The van der Waals surface area contributed by atoms with Crippen molar-refractivity contribution >= 4 is 0 Å². The molecule has 2 N–H and O–H groups in total. The van der Waals surface area contributed by atoms with Gasteiger partial charge in [0, 0.05) is 18.4 Å². The first-order chi connectivity index (χ1) is 8.88. The van der Waals surface area contributed by atoms with Crippen molar-refractivity contribution in [1.29, 1.82) is 0 Å². The minimum Gasteiger partial charge on any atom is -0.317 e. The second kappa shape index (κ2) is 7.49. The smallest absolute Gasteiger partial charge is 0.0300 e. The van der Waals surface area contributed by atoms with Gasteiger partial charge in [0.15, 0.2) is 0 Å². The van der Waals surface area contributed by atoms with Gasteiger partial charge in [-0.2, -0.15) is 0 Å². The Morgan fingerprint density at radius 1 is 1.28 bits per heavy atom. The summed E-state index contributed by atoms with van der Waals surface area (Å²) in [6, 6.07) is 4.91. The Kier molecular flexibility index (Phi) is 5.62. The van der Waals surface area contributed by atoms with E-state index in [0.29, 0.717) is 0 Å². The molecule has 3 heteroatoms. The van der Waals surface area contributed by atoms with Gasteiger partial charge in [-0.05, 0) is 69.8 Å². The van der Waals surface area contributed by atoms with Crippen LogP contribution in [-0.2, 0) is 6.42 Å². The molecular weight excluding hydrogens is 222 g/mol. The summed E-state index contributed by atoms with van der Waals surface area (Å²) in [6.07, 6.45) is 10.3. The van der Waals surface area contributed by atoms with E-state index in [2.05, 4.69) is 28.7 Å². The third kappa shape index (κ3) is 4.39. The van der Waals surface area contributed by atoms with E-state index < -0.39 is 0 Å². The van der Waals surface area contributed by atoms with Gasteiger partial charge in [-0.1, -0.05) is 6.07 Å². The summed E-state index contributed by atoms with van der Waals surface area (Å²) in [7, 11) is 2.08. The third-order valence-corrected chi connectivity index (χ3v) is 4.00. The maximum Gasteiger partial charge on any atom is 0.0300 e. The fraction of sp³-hybridized carbons (Fsp3) is 0.667. The van der Waals surface area contributed by atoms with Crippen LogP contribution in [0.15, 0.2) is 24.5 Å². The first-order valence-corrected chi connectivity index (χ1v) is 7.15. The highest BCUT2D eigenvalue weighted by Gasteiger charge is 2.19. The molecule has 1 aromatic rings. The molecule has 0 unspecified atom stereocenters. The molecule has 1 aliphatic rings. The predicted molar refractivity (Wildman–Crippen MR) is 75.6 cm³/mol. The van der Waals surface area contributed by atoms with Crippen molar-refractivity contribution < 1.29 is 0 Å². The predicted octanol–water partition coefficient (Wildman–Crippen LogP) is 1.99. The Labute approximate surface area is 110 Å². The highest BCUT2D eigenvalue weighted by molar-refractivity contribution is 5.08. The topological polar surface area (TPSA) is 37.0 Å². The Bertz CT molecular complexity index is 318. The lowest BCUT2D eigenvalue weighted by molar-refractivity contribution is 0.293. The molecule has 1 saturated carbocycles.